The summed E-state index contributed by atoms with van der Waals surface area (Å²) < 4.78 is 10.6. The van der Waals surface area contributed by atoms with E-state index in [1.54, 1.807) is 49.1 Å². The Kier molecular flexibility index (Phi) is 5.81. The lowest BCUT2D eigenvalue weighted by molar-refractivity contribution is 0.102. The highest BCUT2D eigenvalue weighted by Crippen LogP contribution is 2.30. The second-order valence-corrected chi connectivity index (χ2v) is 5.63. The summed E-state index contributed by atoms with van der Waals surface area (Å²) in [6, 6.07) is 9.57. The Balaban J connectivity index is 1.94. The molecule has 0 saturated heterocycles. The molecule has 8 nitrogen and oxygen atoms in total. The van der Waals surface area contributed by atoms with E-state index in [-0.39, 0.29) is 22.6 Å². The van der Waals surface area contributed by atoms with Crippen molar-refractivity contribution >= 4 is 23.2 Å². The Morgan fingerprint density at radius 2 is 1.11 bits per heavy atom. The Hall–Kier alpha value is -3.94. The molecule has 1 aromatic carbocycles. The highest BCUT2D eigenvalue weighted by Gasteiger charge is 2.21. The molecule has 0 bridgehead atoms. The van der Waals surface area contributed by atoms with Crippen molar-refractivity contribution in [1.82, 2.24) is 9.97 Å². The van der Waals surface area contributed by atoms with Gasteiger partial charge in [0.15, 0.2) is 0 Å². The molecule has 8 heteroatoms. The normalized spacial score (nSPS) is 10.1. The fourth-order valence-corrected chi connectivity index (χ4v) is 2.52. The van der Waals surface area contributed by atoms with E-state index in [4.69, 9.17) is 9.47 Å². The van der Waals surface area contributed by atoms with E-state index >= 15 is 0 Å². The van der Waals surface area contributed by atoms with Crippen LogP contribution in [0.15, 0.2) is 61.2 Å². The van der Waals surface area contributed by atoms with E-state index in [2.05, 4.69) is 20.6 Å². The largest absolute Gasteiger partial charge is 0.496 e. The van der Waals surface area contributed by atoms with Crippen molar-refractivity contribution in [3.63, 3.8) is 0 Å². The smallest absolute Gasteiger partial charge is 0.259 e. The predicted octanol–water partition coefficient (Wildman–Crippen LogP) is 3.00. The van der Waals surface area contributed by atoms with Crippen molar-refractivity contribution in [2.45, 2.75) is 0 Å². The number of nitrogens with zero attached hydrogens (tertiary/aromatic N) is 2. The average Bonchev–Trinajstić information content (AvgIpc) is 2.74. The van der Waals surface area contributed by atoms with Gasteiger partial charge in [0.2, 0.25) is 0 Å². The van der Waals surface area contributed by atoms with E-state index in [0.29, 0.717) is 11.4 Å². The van der Waals surface area contributed by atoms with Crippen molar-refractivity contribution in [3.05, 3.63) is 72.3 Å². The summed E-state index contributed by atoms with van der Waals surface area (Å²) in [5.74, 6) is -0.292. The van der Waals surface area contributed by atoms with Gasteiger partial charge in [-0.15, -0.1) is 0 Å². The first-order chi connectivity index (χ1) is 13.6. The molecule has 0 aliphatic carbocycles. The number of hydrogen-bond donors (Lipinski definition) is 2. The fourth-order valence-electron chi connectivity index (χ4n) is 2.52. The summed E-state index contributed by atoms with van der Waals surface area (Å²) in [6.45, 7) is 0. The molecule has 0 radical (unpaired) electrons. The van der Waals surface area contributed by atoms with Crippen LogP contribution in [0.4, 0.5) is 11.4 Å². The van der Waals surface area contributed by atoms with Gasteiger partial charge in [-0.3, -0.25) is 19.6 Å². The number of rotatable bonds is 6. The second kappa shape index (κ2) is 8.63. The molecule has 0 saturated carbocycles. The van der Waals surface area contributed by atoms with Crippen LogP contribution in [0.5, 0.6) is 11.5 Å². The number of nitrogens with one attached hydrogen (secondary N) is 2. The molecule has 0 fully saturated rings. The molecule has 142 valence electrons. The third-order valence-corrected chi connectivity index (χ3v) is 3.89. The lowest BCUT2D eigenvalue weighted by Crippen LogP contribution is -2.17. The van der Waals surface area contributed by atoms with Crippen LogP contribution >= 0.6 is 0 Å². The minimum atomic E-state index is -0.427. The van der Waals surface area contributed by atoms with Crippen molar-refractivity contribution in [1.29, 1.82) is 0 Å². The highest BCUT2D eigenvalue weighted by atomic mass is 16.5. The number of hydrogen-bond acceptors (Lipinski definition) is 6. The number of benzene rings is 1. The second-order valence-electron chi connectivity index (χ2n) is 5.63. The van der Waals surface area contributed by atoms with Crippen molar-refractivity contribution in [2.24, 2.45) is 0 Å². The highest BCUT2D eigenvalue weighted by molar-refractivity contribution is 6.11. The van der Waals surface area contributed by atoms with Crippen molar-refractivity contribution < 1.29 is 19.1 Å². The molecule has 0 aliphatic heterocycles. The maximum atomic E-state index is 12.7. The van der Waals surface area contributed by atoms with Gasteiger partial charge in [0.25, 0.3) is 11.8 Å². The summed E-state index contributed by atoms with van der Waals surface area (Å²) in [6.07, 6.45) is 6.26. The van der Waals surface area contributed by atoms with Crippen LogP contribution in [0.3, 0.4) is 0 Å². The zero-order valence-electron chi connectivity index (χ0n) is 15.3. The maximum absolute atomic E-state index is 12.7. The molecule has 0 aliphatic rings. The quantitative estimate of drug-likeness (QED) is 0.684. The van der Waals surface area contributed by atoms with Gasteiger partial charge in [-0.2, -0.15) is 0 Å². The number of ether oxygens (including phenoxy) is 2. The maximum Gasteiger partial charge on any atom is 0.259 e. The fraction of sp³-hybridized carbons (Fsp3) is 0.100. The van der Waals surface area contributed by atoms with Crippen LogP contribution in [-0.2, 0) is 0 Å². The molecule has 2 heterocycles. The first-order valence-corrected chi connectivity index (χ1v) is 8.31. The first-order valence-electron chi connectivity index (χ1n) is 8.31. The number of pyridine rings is 2. The van der Waals surface area contributed by atoms with E-state index in [1.807, 2.05) is 0 Å². The van der Waals surface area contributed by atoms with Crippen LogP contribution < -0.4 is 20.1 Å². The standard InChI is InChI=1S/C20H18N4O4/c1-27-17-12-18(28-2)16(20(26)24-14-5-9-22-10-6-14)11-15(17)19(25)23-13-3-7-21-8-4-13/h3-12H,1-2H3,(H,21,23,25)(H,22,24,26). The van der Waals surface area contributed by atoms with Crippen LogP contribution in [0.1, 0.15) is 20.7 Å². The van der Waals surface area contributed by atoms with Crippen LogP contribution in [0.25, 0.3) is 0 Å². The Morgan fingerprint density at radius 3 is 1.46 bits per heavy atom. The molecule has 0 spiro atoms. The van der Waals surface area contributed by atoms with Gasteiger partial charge in [-0.05, 0) is 30.3 Å². The summed E-state index contributed by atoms with van der Waals surface area (Å²) >= 11 is 0. The van der Waals surface area contributed by atoms with Gasteiger partial charge in [0, 0.05) is 42.2 Å². The minimum absolute atomic E-state index is 0.194. The number of carbonyl (C=O) groups excluding carboxylic acids is 2. The Bertz CT molecular complexity index is 902. The van der Waals surface area contributed by atoms with E-state index in [9.17, 15) is 9.59 Å². The average molecular weight is 378 g/mol. The third kappa shape index (κ3) is 4.24. The number of aromatic nitrogens is 2. The topological polar surface area (TPSA) is 102 Å². The molecule has 2 N–H and O–H groups in total. The monoisotopic (exact) mass is 378 g/mol. The van der Waals surface area contributed by atoms with Crippen LogP contribution in [0.2, 0.25) is 0 Å². The lowest BCUT2D eigenvalue weighted by Gasteiger charge is -2.15. The Morgan fingerprint density at radius 1 is 0.714 bits per heavy atom. The predicted molar refractivity (Wildman–Crippen MR) is 104 cm³/mol. The molecule has 3 aromatic rings. The van der Waals surface area contributed by atoms with Crippen LogP contribution in [0, 0.1) is 0 Å². The molecule has 0 atom stereocenters. The van der Waals surface area contributed by atoms with Gasteiger partial charge >= 0.3 is 0 Å². The summed E-state index contributed by atoms with van der Waals surface area (Å²) in [5, 5.41) is 5.49. The van der Waals surface area contributed by atoms with Gasteiger partial charge in [0.1, 0.15) is 11.5 Å². The number of methoxy groups -OCH3 is 2. The molecule has 28 heavy (non-hydrogen) atoms. The lowest BCUT2D eigenvalue weighted by atomic mass is 10.1. The zero-order chi connectivity index (χ0) is 19.9. The van der Waals surface area contributed by atoms with Gasteiger partial charge in [-0.1, -0.05) is 0 Å². The van der Waals surface area contributed by atoms with E-state index in [1.165, 1.54) is 26.4 Å². The SMILES string of the molecule is COc1cc(OC)c(C(=O)Nc2ccncc2)cc1C(=O)Nc1ccncc1. The number of anilines is 2. The summed E-state index contributed by atoms with van der Waals surface area (Å²) in [4.78, 5) is 33.3. The van der Waals surface area contributed by atoms with Gasteiger partial charge in [0.05, 0.1) is 25.3 Å². The molecule has 2 aromatic heterocycles. The first kappa shape index (κ1) is 18.8. The van der Waals surface area contributed by atoms with Gasteiger partial charge < -0.3 is 20.1 Å². The van der Waals surface area contributed by atoms with Crippen molar-refractivity contribution in [2.75, 3.05) is 24.9 Å². The number of amides is 2. The number of carbonyl (C=O) groups is 2. The van der Waals surface area contributed by atoms with Crippen molar-refractivity contribution in [3.8, 4) is 11.5 Å². The molecular formula is C20H18N4O4. The third-order valence-electron chi connectivity index (χ3n) is 3.89. The summed E-state index contributed by atoms with van der Waals surface area (Å²) in [5.41, 5.74) is 1.53. The van der Waals surface area contributed by atoms with E-state index in [0.717, 1.165) is 0 Å². The summed E-state index contributed by atoms with van der Waals surface area (Å²) in [7, 11) is 2.88. The molecule has 0 unspecified atom stereocenters. The van der Waals surface area contributed by atoms with E-state index < -0.39 is 11.8 Å². The zero-order valence-corrected chi connectivity index (χ0v) is 15.3. The minimum Gasteiger partial charge on any atom is -0.496 e. The molecule has 3 rings (SSSR count). The van der Waals surface area contributed by atoms with Crippen LogP contribution in [-0.4, -0.2) is 36.0 Å². The molecule has 2 amide bonds. The van der Waals surface area contributed by atoms with Gasteiger partial charge in [-0.25, -0.2) is 0 Å². The molecular weight excluding hydrogens is 360 g/mol. The Labute approximate surface area is 161 Å².